The number of thioether (sulfide) groups is 1. The van der Waals surface area contributed by atoms with Crippen LogP contribution in [0.2, 0.25) is 0 Å². The largest absolute Gasteiger partial charge is 0.478 e. The van der Waals surface area contributed by atoms with E-state index in [0.29, 0.717) is 11.8 Å². The van der Waals surface area contributed by atoms with Gasteiger partial charge in [0.1, 0.15) is 10.3 Å². The van der Waals surface area contributed by atoms with E-state index in [1.54, 1.807) is 5.40 Å². The van der Waals surface area contributed by atoms with Gasteiger partial charge in [-0.2, -0.15) is 5.26 Å². The van der Waals surface area contributed by atoms with Crippen molar-refractivity contribution in [1.82, 2.24) is 0 Å². The average Bonchev–Trinajstić information content (AvgIpc) is 2.18. The van der Waals surface area contributed by atoms with Crippen LogP contribution in [0.5, 0.6) is 0 Å². The van der Waals surface area contributed by atoms with Gasteiger partial charge in [0.05, 0.1) is 10.5 Å². The lowest BCUT2D eigenvalue weighted by molar-refractivity contribution is -0.387. The Bertz CT molecular complexity index is 466. The van der Waals surface area contributed by atoms with E-state index >= 15 is 0 Å². The fraction of sp³-hybridized carbons (Fsp3) is 0. The van der Waals surface area contributed by atoms with E-state index in [9.17, 15) is 14.9 Å². The number of nitro groups is 1. The highest BCUT2D eigenvalue weighted by molar-refractivity contribution is 8.03. The monoisotopic (exact) mass is 224 g/mol. The van der Waals surface area contributed by atoms with Crippen LogP contribution in [0.3, 0.4) is 0 Å². The predicted octanol–water partition coefficient (Wildman–Crippen LogP) is 1.87. The maximum absolute atomic E-state index is 10.6. The molecule has 1 aromatic rings. The molecule has 0 unspecified atom stereocenters. The molecule has 76 valence electrons. The van der Waals surface area contributed by atoms with Crippen LogP contribution in [0.1, 0.15) is 10.4 Å². The molecule has 1 rings (SSSR count). The van der Waals surface area contributed by atoms with Crippen molar-refractivity contribution in [3.8, 4) is 5.40 Å². The number of thiocyanates is 1. The first-order valence-corrected chi connectivity index (χ1v) is 4.45. The van der Waals surface area contributed by atoms with Crippen molar-refractivity contribution in [2.45, 2.75) is 4.90 Å². The minimum absolute atomic E-state index is 0.132. The van der Waals surface area contributed by atoms with E-state index in [-0.39, 0.29) is 16.1 Å². The zero-order valence-electron chi connectivity index (χ0n) is 7.21. The molecular formula is C8H4N2O4S. The molecule has 1 aromatic carbocycles. The standard InChI is InChI=1S/C8H4N2O4S/c9-4-15-7-2-1-5(8(11)12)3-6(7)10(13)14/h1-3H,(H,11,12). The van der Waals surface area contributed by atoms with Crippen LogP contribution in [0.15, 0.2) is 23.1 Å². The van der Waals surface area contributed by atoms with Gasteiger partial charge in [0.15, 0.2) is 0 Å². The lowest BCUT2D eigenvalue weighted by atomic mass is 10.2. The molecule has 0 fully saturated rings. The Morgan fingerprint density at radius 1 is 1.60 bits per heavy atom. The first-order valence-electron chi connectivity index (χ1n) is 3.64. The van der Waals surface area contributed by atoms with E-state index in [2.05, 4.69) is 0 Å². The zero-order valence-corrected chi connectivity index (χ0v) is 8.02. The molecular weight excluding hydrogens is 220 g/mol. The first-order chi connectivity index (χ1) is 7.06. The second-order valence-electron chi connectivity index (χ2n) is 2.44. The van der Waals surface area contributed by atoms with Gasteiger partial charge >= 0.3 is 5.97 Å². The third-order valence-corrected chi connectivity index (χ3v) is 2.21. The van der Waals surface area contributed by atoms with Crippen LogP contribution in [-0.4, -0.2) is 16.0 Å². The third-order valence-electron chi connectivity index (χ3n) is 1.56. The van der Waals surface area contributed by atoms with Gasteiger partial charge in [-0.3, -0.25) is 10.1 Å². The van der Waals surface area contributed by atoms with Crippen LogP contribution in [0.25, 0.3) is 0 Å². The van der Waals surface area contributed by atoms with Crippen molar-refractivity contribution < 1.29 is 14.8 Å². The molecule has 0 saturated heterocycles. The fourth-order valence-corrected chi connectivity index (χ4v) is 1.40. The molecule has 0 heterocycles. The zero-order chi connectivity index (χ0) is 11.4. The summed E-state index contributed by atoms with van der Waals surface area (Å²) in [5.41, 5.74) is -0.551. The quantitative estimate of drug-likeness (QED) is 0.363. The summed E-state index contributed by atoms with van der Waals surface area (Å²) in [4.78, 5) is 20.5. The molecule has 0 spiro atoms. The van der Waals surface area contributed by atoms with Gasteiger partial charge < -0.3 is 5.11 Å². The highest BCUT2D eigenvalue weighted by Crippen LogP contribution is 2.29. The second kappa shape index (κ2) is 4.43. The number of hydrogen-bond donors (Lipinski definition) is 1. The number of benzene rings is 1. The van der Waals surface area contributed by atoms with Crippen LogP contribution in [0.4, 0.5) is 5.69 Å². The number of carbonyl (C=O) groups is 1. The molecule has 0 aromatic heterocycles. The topological polar surface area (TPSA) is 104 Å². The summed E-state index contributed by atoms with van der Waals surface area (Å²) < 4.78 is 0. The molecule has 0 amide bonds. The van der Waals surface area contributed by atoms with Crippen molar-refractivity contribution in [3.05, 3.63) is 33.9 Å². The molecule has 6 nitrogen and oxygen atoms in total. The van der Waals surface area contributed by atoms with Crippen molar-refractivity contribution in [1.29, 1.82) is 5.26 Å². The second-order valence-corrected chi connectivity index (χ2v) is 3.26. The van der Waals surface area contributed by atoms with Crippen molar-refractivity contribution in [2.75, 3.05) is 0 Å². The minimum Gasteiger partial charge on any atom is -0.478 e. The summed E-state index contributed by atoms with van der Waals surface area (Å²) in [6.45, 7) is 0. The number of carboxylic acids is 1. The summed E-state index contributed by atoms with van der Waals surface area (Å²) in [5, 5.41) is 29.2. The Balaban J connectivity index is 3.28. The third kappa shape index (κ3) is 2.45. The van der Waals surface area contributed by atoms with Gasteiger partial charge in [-0.25, -0.2) is 4.79 Å². The van der Waals surface area contributed by atoms with Crippen LogP contribution < -0.4 is 0 Å². The molecule has 7 heteroatoms. The molecule has 0 aliphatic heterocycles. The van der Waals surface area contributed by atoms with E-state index in [1.807, 2.05) is 0 Å². The summed E-state index contributed by atoms with van der Waals surface area (Å²) in [7, 11) is 0. The van der Waals surface area contributed by atoms with Crippen LogP contribution in [-0.2, 0) is 0 Å². The Hall–Kier alpha value is -2.07. The number of carboxylic acid groups (broad SMARTS) is 1. The van der Waals surface area contributed by atoms with Crippen molar-refractivity contribution in [2.24, 2.45) is 0 Å². The van der Waals surface area contributed by atoms with Gasteiger partial charge in [0, 0.05) is 6.07 Å². The predicted molar refractivity (Wildman–Crippen MR) is 51.5 cm³/mol. The lowest BCUT2D eigenvalue weighted by Gasteiger charge is -1.98. The molecule has 1 N–H and O–H groups in total. The number of nitriles is 1. The minimum atomic E-state index is -1.24. The number of nitrogens with zero attached hydrogens (tertiary/aromatic N) is 2. The van der Waals surface area contributed by atoms with E-state index in [0.717, 1.165) is 6.07 Å². The number of rotatable bonds is 3. The molecule has 15 heavy (non-hydrogen) atoms. The van der Waals surface area contributed by atoms with E-state index in [4.69, 9.17) is 10.4 Å². The van der Waals surface area contributed by atoms with E-state index in [1.165, 1.54) is 12.1 Å². The van der Waals surface area contributed by atoms with Crippen molar-refractivity contribution in [3.63, 3.8) is 0 Å². The highest BCUT2D eigenvalue weighted by Gasteiger charge is 2.17. The molecule has 0 aliphatic carbocycles. The molecule has 0 radical (unpaired) electrons. The Kier molecular flexibility index (Phi) is 3.25. The smallest absolute Gasteiger partial charge is 0.335 e. The summed E-state index contributed by atoms with van der Waals surface area (Å²) in [5.74, 6) is -1.24. The number of aromatic carboxylic acids is 1. The summed E-state index contributed by atoms with van der Waals surface area (Å²) >= 11 is 0.622. The Labute approximate surface area is 88.3 Å². The maximum Gasteiger partial charge on any atom is 0.335 e. The maximum atomic E-state index is 10.6. The lowest BCUT2D eigenvalue weighted by Crippen LogP contribution is -1.98. The van der Waals surface area contributed by atoms with Gasteiger partial charge in [-0.15, -0.1) is 0 Å². The fourth-order valence-electron chi connectivity index (χ4n) is 0.929. The van der Waals surface area contributed by atoms with Gasteiger partial charge in [-0.05, 0) is 23.9 Å². The Morgan fingerprint density at radius 2 is 2.27 bits per heavy atom. The Morgan fingerprint density at radius 3 is 2.73 bits per heavy atom. The SMILES string of the molecule is N#CSc1ccc(C(=O)O)cc1[N+](=O)[O-]. The molecule has 0 saturated carbocycles. The first kappa shape index (κ1) is 11.0. The van der Waals surface area contributed by atoms with Gasteiger partial charge in [0.2, 0.25) is 0 Å². The molecule has 0 atom stereocenters. The van der Waals surface area contributed by atoms with Crippen LogP contribution in [0, 0.1) is 20.8 Å². The molecule has 0 aliphatic rings. The van der Waals surface area contributed by atoms with Crippen molar-refractivity contribution >= 4 is 23.4 Å². The molecule has 0 bridgehead atoms. The highest BCUT2D eigenvalue weighted by atomic mass is 32.2. The van der Waals surface area contributed by atoms with Gasteiger partial charge in [-0.1, -0.05) is 0 Å². The summed E-state index contributed by atoms with van der Waals surface area (Å²) in [6, 6.07) is 3.40. The van der Waals surface area contributed by atoms with E-state index < -0.39 is 10.9 Å². The van der Waals surface area contributed by atoms with Gasteiger partial charge in [0.25, 0.3) is 5.69 Å². The average molecular weight is 224 g/mol. The number of hydrogen-bond acceptors (Lipinski definition) is 5. The summed E-state index contributed by atoms with van der Waals surface area (Å²) in [6.07, 6.45) is 0. The normalized spacial score (nSPS) is 9.27. The number of nitro benzene ring substituents is 1. The van der Waals surface area contributed by atoms with Crippen LogP contribution >= 0.6 is 11.8 Å².